The molecule has 1 heterocycles. The normalized spacial score (nSPS) is 11.8. The average molecular weight is 575 g/mol. The van der Waals surface area contributed by atoms with E-state index in [0.717, 1.165) is 24.3 Å². The molecule has 0 saturated heterocycles. The fourth-order valence-electron chi connectivity index (χ4n) is 3.52. The van der Waals surface area contributed by atoms with Crippen LogP contribution in [0.4, 0.5) is 26.6 Å². The van der Waals surface area contributed by atoms with Gasteiger partial charge in [-0.15, -0.1) is 0 Å². The van der Waals surface area contributed by atoms with E-state index in [2.05, 4.69) is 20.0 Å². The summed E-state index contributed by atoms with van der Waals surface area (Å²) in [6.07, 6.45) is 0.685. The molecule has 14 heteroatoms. The molecule has 40 heavy (non-hydrogen) atoms. The van der Waals surface area contributed by atoms with Crippen molar-refractivity contribution in [1.82, 2.24) is 14.9 Å². The van der Waals surface area contributed by atoms with Crippen molar-refractivity contribution in [3.63, 3.8) is 0 Å². The second kappa shape index (κ2) is 13.1. The first-order valence-corrected chi connectivity index (χ1v) is 13.8. The van der Waals surface area contributed by atoms with Gasteiger partial charge in [-0.2, -0.15) is 4.98 Å². The Morgan fingerprint density at radius 1 is 1.05 bits per heavy atom. The number of rotatable bonds is 12. The van der Waals surface area contributed by atoms with E-state index in [0.29, 0.717) is 24.4 Å². The topological polar surface area (TPSA) is 154 Å². The van der Waals surface area contributed by atoms with Crippen molar-refractivity contribution in [3.05, 3.63) is 66.1 Å². The molecule has 1 aromatic heterocycles. The maximum absolute atomic E-state index is 13.3. The fraction of sp³-hybridized carbons (Fsp3) is 0.308. The van der Waals surface area contributed by atoms with E-state index in [4.69, 9.17) is 4.74 Å². The zero-order valence-electron chi connectivity index (χ0n) is 22.5. The SMILES string of the molecule is CCN(CC)c1ncc(NS(=O)(=O)c2ccc(F)cc2)c(NC(Cc2ccc(OC(=O)N(C)C)cc2)C(=O)O)n1. The molecular formula is C26H31FN6O6S. The first kappa shape index (κ1) is 30.1. The van der Waals surface area contributed by atoms with Gasteiger partial charge < -0.3 is 25.0 Å². The van der Waals surface area contributed by atoms with Crippen molar-refractivity contribution < 1.29 is 32.2 Å². The lowest BCUT2D eigenvalue weighted by atomic mass is 10.1. The molecule has 0 saturated carbocycles. The third-order valence-electron chi connectivity index (χ3n) is 5.73. The highest BCUT2D eigenvalue weighted by Crippen LogP contribution is 2.26. The van der Waals surface area contributed by atoms with Crippen LogP contribution in [-0.4, -0.2) is 73.7 Å². The van der Waals surface area contributed by atoms with Crippen LogP contribution < -0.4 is 19.7 Å². The Labute approximate surface area is 231 Å². The van der Waals surface area contributed by atoms with Gasteiger partial charge in [-0.05, 0) is 55.8 Å². The number of carbonyl (C=O) groups is 2. The maximum atomic E-state index is 13.3. The number of aliphatic carboxylic acids is 1. The molecule has 1 atom stereocenters. The maximum Gasteiger partial charge on any atom is 0.414 e. The van der Waals surface area contributed by atoms with Crippen LogP contribution in [0.15, 0.2) is 59.6 Å². The largest absolute Gasteiger partial charge is 0.480 e. The number of amides is 1. The van der Waals surface area contributed by atoms with Gasteiger partial charge in [0.1, 0.15) is 23.3 Å². The number of carboxylic acids is 1. The van der Waals surface area contributed by atoms with Crippen molar-refractivity contribution in [1.29, 1.82) is 0 Å². The first-order chi connectivity index (χ1) is 18.9. The lowest BCUT2D eigenvalue weighted by molar-refractivity contribution is -0.137. The van der Waals surface area contributed by atoms with Crippen molar-refractivity contribution in [2.24, 2.45) is 0 Å². The summed E-state index contributed by atoms with van der Waals surface area (Å²) in [7, 11) is -1.08. The van der Waals surface area contributed by atoms with Gasteiger partial charge in [-0.25, -0.2) is 27.4 Å². The Morgan fingerprint density at radius 3 is 2.23 bits per heavy atom. The summed E-state index contributed by atoms with van der Waals surface area (Å²) in [5.41, 5.74) is 0.522. The standard InChI is InChI=1S/C26H31FN6O6S/c1-5-33(6-2)25-28-16-22(31-40(37,38)20-13-9-18(27)10-14-20)23(30-25)29-21(24(34)35)15-17-7-11-19(12-8-17)39-26(36)32(3)4/h7-14,16,21,31H,5-6,15H2,1-4H3,(H,34,35)(H,28,29,30). The van der Waals surface area contributed by atoms with E-state index in [1.165, 1.54) is 11.1 Å². The third kappa shape index (κ3) is 7.79. The van der Waals surface area contributed by atoms with Gasteiger partial charge >= 0.3 is 12.1 Å². The summed E-state index contributed by atoms with van der Waals surface area (Å²) >= 11 is 0. The minimum Gasteiger partial charge on any atom is -0.480 e. The number of benzene rings is 2. The number of hydrogen-bond acceptors (Lipinski definition) is 9. The predicted octanol–water partition coefficient (Wildman–Crippen LogP) is 3.43. The van der Waals surface area contributed by atoms with Crippen LogP contribution in [0, 0.1) is 5.82 Å². The molecule has 12 nitrogen and oxygen atoms in total. The van der Waals surface area contributed by atoms with Crippen molar-refractivity contribution in [2.45, 2.75) is 31.2 Å². The number of ether oxygens (including phenoxy) is 1. The quantitative estimate of drug-likeness (QED) is 0.293. The number of nitrogens with one attached hydrogen (secondary N) is 2. The molecule has 2 aromatic carbocycles. The highest BCUT2D eigenvalue weighted by molar-refractivity contribution is 7.92. The first-order valence-electron chi connectivity index (χ1n) is 12.3. The van der Waals surface area contributed by atoms with Crippen LogP contribution in [-0.2, 0) is 21.2 Å². The van der Waals surface area contributed by atoms with E-state index in [9.17, 15) is 27.5 Å². The van der Waals surface area contributed by atoms with Crippen LogP contribution in [0.5, 0.6) is 5.75 Å². The number of anilines is 3. The van der Waals surface area contributed by atoms with Crippen LogP contribution >= 0.6 is 0 Å². The Hall–Kier alpha value is -4.46. The monoisotopic (exact) mass is 574 g/mol. The molecule has 0 aliphatic heterocycles. The Kier molecular flexibility index (Phi) is 9.82. The van der Waals surface area contributed by atoms with Crippen LogP contribution in [0.25, 0.3) is 0 Å². The van der Waals surface area contributed by atoms with Gasteiger partial charge in [0.25, 0.3) is 10.0 Å². The molecule has 0 fully saturated rings. The van der Waals surface area contributed by atoms with E-state index in [-0.39, 0.29) is 28.8 Å². The molecule has 1 unspecified atom stereocenters. The molecule has 214 valence electrons. The molecule has 0 aliphatic rings. The summed E-state index contributed by atoms with van der Waals surface area (Å²) in [5.74, 6) is -1.29. The lowest BCUT2D eigenvalue weighted by Gasteiger charge is -2.22. The average Bonchev–Trinajstić information content (AvgIpc) is 2.91. The zero-order chi connectivity index (χ0) is 29.4. The molecule has 3 rings (SSSR count). The summed E-state index contributed by atoms with van der Waals surface area (Å²) in [4.78, 5) is 35.5. The number of sulfonamides is 1. The number of aromatic nitrogens is 2. The lowest BCUT2D eigenvalue weighted by Crippen LogP contribution is -2.33. The van der Waals surface area contributed by atoms with Gasteiger partial charge in [0.2, 0.25) is 5.95 Å². The number of halogens is 1. The zero-order valence-corrected chi connectivity index (χ0v) is 23.3. The molecule has 3 N–H and O–H groups in total. The molecule has 1 amide bonds. The summed E-state index contributed by atoms with van der Waals surface area (Å²) in [6, 6.07) is 9.35. The van der Waals surface area contributed by atoms with Crippen LogP contribution in [0.2, 0.25) is 0 Å². The fourth-order valence-corrected chi connectivity index (χ4v) is 4.57. The van der Waals surface area contributed by atoms with Crippen molar-refractivity contribution in [3.8, 4) is 5.75 Å². The number of carbonyl (C=O) groups excluding carboxylic acids is 1. The Bertz CT molecular complexity index is 1430. The second-order valence-electron chi connectivity index (χ2n) is 8.81. The van der Waals surface area contributed by atoms with Gasteiger partial charge in [-0.3, -0.25) is 4.72 Å². The molecule has 0 spiro atoms. The van der Waals surface area contributed by atoms with Crippen molar-refractivity contribution in [2.75, 3.05) is 42.1 Å². The molecule has 0 aliphatic carbocycles. The summed E-state index contributed by atoms with van der Waals surface area (Å²) in [5, 5.41) is 12.8. The van der Waals surface area contributed by atoms with Crippen LogP contribution in [0.1, 0.15) is 19.4 Å². The van der Waals surface area contributed by atoms with Gasteiger partial charge in [0, 0.05) is 33.6 Å². The van der Waals surface area contributed by atoms with E-state index in [1.54, 1.807) is 38.4 Å². The smallest absolute Gasteiger partial charge is 0.414 e. The highest BCUT2D eigenvalue weighted by atomic mass is 32.2. The number of hydrogen-bond donors (Lipinski definition) is 3. The third-order valence-corrected chi connectivity index (χ3v) is 7.11. The predicted molar refractivity (Wildman–Crippen MR) is 148 cm³/mol. The molecule has 3 aromatic rings. The van der Waals surface area contributed by atoms with Crippen LogP contribution in [0.3, 0.4) is 0 Å². The molecule has 0 bridgehead atoms. The van der Waals surface area contributed by atoms with Crippen molar-refractivity contribution >= 4 is 39.5 Å². The van der Waals surface area contributed by atoms with Gasteiger partial charge in [-0.1, -0.05) is 12.1 Å². The number of nitrogens with zero attached hydrogens (tertiary/aromatic N) is 4. The minimum absolute atomic E-state index is 0.00794. The Balaban J connectivity index is 1.91. The van der Waals surface area contributed by atoms with Gasteiger partial charge in [0.05, 0.1) is 11.1 Å². The van der Waals surface area contributed by atoms with E-state index in [1.807, 2.05) is 18.7 Å². The van der Waals surface area contributed by atoms with E-state index < -0.39 is 33.9 Å². The summed E-state index contributed by atoms with van der Waals surface area (Å²) < 4.78 is 46.8. The number of carboxylic acid groups (broad SMARTS) is 1. The summed E-state index contributed by atoms with van der Waals surface area (Å²) in [6.45, 7) is 4.91. The van der Waals surface area contributed by atoms with E-state index >= 15 is 0 Å². The highest BCUT2D eigenvalue weighted by Gasteiger charge is 2.24. The molecule has 0 radical (unpaired) electrons. The minimum atomic E-state index is -4.18. The molecular weight excluding hydrogens is 543 g/mol. The Morgan fingerprint density at radius 2 is 1.68 bits per heavy atom. The van der Waals surface area contributed by atoms with Gasteiger partial charge in [0.15, 0.2) is 5.82 Å². The second-order valence-corrected chi connectivity index (χ2v) is 10.5.